The minimum absolute atomic E-state index is 0.251. The normalized spacial score (nSPS) is 10.9. The zero-order valence-electron chi connectivity index (χ0n) is 7.96. The summed E-state index contributed by atoms with van der Waals surface area (Å²) < 4.78 is 21.5. The van der Waals surface area contributed by atoms with Crippen LogP contribution in [-0.2, 0) is 9.84 Å². The molecule has 0 bridgehead atoms. The van der Waals surface area contributed by atoms with Crippen LogP contribution in [0.25, 0.3) is 0 Å². The average molecular weight is 224 g/mol. The van der Waals surface area contributed by atoms with Gasteiger partial charge in [0.1, 0.15) is 9.84 Å². The summed E-state index contributed by atoms with van der Waals surface area (Å²) in [6, 6.07) is 0. The fraction of sp³-hybridized carbons (Fsp3) is 0.857. The topological polar surface area (TPSA) is 58.2 Å². The van der Waals surface area contributed by atoms with Gasteiger partial charge in [0.2, 0.25) is 0 Å². The molecular weight excluding hydrogens is 208 g/mol. The quantitative estimate of drug-likeness (QED) is 0.505. The molecule has 0 aliphatic rings. The monoisotopic (exact) mass is 224 g/mol. The number of unbranched alkanes of at least 4 members (excludes halogenated alkanes) is 1. The predicted octanol–water partition coefficient (Wildman–Crippen LogP) is -0.0949. The van der Waals surface area contributed by atoms with Crippen molar-refractivity contribution in [1.29, 1.82) is 0 Å². The van der Waals surface area contributed by atoms with E-state index in [0.717, 1.165) is 13.0 Å². The molecule has 0 saturated carbocycles. The maximum absolute atomic E-state index is 10.7. The molecule has 0 aromatic carbocycles. The highest BCUT2D eigenvalue weighted by atomic mass is 32.2. The summed E-state index contributed by atoms with van der Waals surface area (Å²) in [5.41, 5.74) is 0. The lowest BCUT2D eigenvalue weighted by atomic mass is 10.3. The van der Waals surface area contributed by atoms with Gasteiger partial charge in [0, 0.05) is 25.6 Å². The maximum Gasteiger partial charge on any atom is 0.166 e. The van der Waals surface area contributed by atoms with Gasteiger partial charge in [-0.2, -0.15) is 0 Å². The lowest BCUT2D eigenvalue weighted by Gasteiger charge is -2.05. The third-order valence-electron chi connectivity index (χ3n) is 1.45. The van der Waals surface area contributed by atoms with E-state index in [1.165, 1.54) is 6.26 Å². The number of thiocarbonyl (C=S) groups is 1. The summed E-state index contributed by atoms with van der Waals surface area (Å²) in [5, 5.41) is 6.31. The van der Waals surface area contributed by atoms with Crippen LogP contribution < -0.4 is 10.6 Å². The van der Waals surface area contributed by atoms with Gasteiger partial charge in [0.15, 0.2) is 5.11 Å². The van der Waals surface area contributed by atoms with Crippen LogP contribution in [-0.4, -0.2) is 39.1 Å². The van der Waals surface area contributed by atoms with Crippen LogP contribution in [0.3, 0.4) is 0 Å². The molecule has 0 radical (unpaired) electrons. The van der Waals surface area contributed by atoms with E-state index in [-0.39, 0.29) is 5.75 Å². The first-order valence-electron chi connectivity index (χ1n) is 4.09. The van der Waals surface area contributed by atoms with Gasteiger partial charge in [-0.05, 0) is 25.1 Å². The summed E-state index contributed by atoms with van der Waals surface area (Å²) in [6.07, 6.45) is 2.74. The molecule has 0 unspecified atom stereocenters. The minimum atomic E-state index is -2.81. The minimum Gasteiger partial charge on any atom is -0.366 e. The molecule has 0 rings (SSSR count). The Bertz CT molecular complexity index is 249. The highest BCUT2D eigenvalue weighted by Gasteiger charge is 2.00. The molecule has 0 saturated heterocycles. The van der Waals surface area contributed by atoms with Crippen LogP contribution in [0.5, 0.6) is 0 Å². The molecule has 0 fully saturated rings. The molecule has 0 spiro atoms. The fourth-order valence-electron chi connectivity index (χ4n) is 0.780. The number of sulfone groups is 1. The van der Waals surface area contributed by atoms with E-state index in [4.69, 9.17) is 12.2 Å². The third-order valence-corrected chi connectivity index (χ3v) is 2.83. The van der Waals surface area contributed by atoms with Gasteiger partial charge in [-0.3, -0.25) is 0 Å². The van der Waals surface area contributed by atoms with Gasteiger partial charge >= 0.3 is 0 Å². The Morgan fingerprint density at radius 1 is 1.38 bits per heavy atom. The van der Waals surface area contributed by atoms with Crippen molar-refractivity contribution >= 4 is 27.2 Å². The van der Waals surface area contributed by atoms with E-state index in [1.54, 1.807) is 7.05 Å². The van der Waals surface area contributed by atoms with E-state index in [2.05, 4.69) is 10.6 Å². The van der Waals surface area contributed by atoms with Crippen LogP contribution in [0.2, 0.25) is 0 Å². The summed E-state index contributed by atoms with van der Waals surface area (Å²) >= 11 is 4.84. The number of hydrogen-bond acceptors (Lipinski definition) is 3. The molecule has 0 aromatic rings. The summed E-state index contributed by atoms with van der Waals surface area (Å²) in [5.74, 6) is 0.251. The molecule has 0 aliphatic carbocycles. The van der Waals surface area contributed by atoms with E-state index >= 15 is 0 Å². The molecule has 0 aromatic heterocycles. The molecule has 13 heavy (non-hydrogen) atoms. The lowest BCUT2D eigenvalue weighted by Crippen LogP contribution is -2.33. The van der Waals surface area contributed by atoms with E-state index < -0.39 is 9.84 Å². The van der Waals surface area contributed by atoms with Crippen LogP contribution >= 0.6 is 12.2 Å². The first-order chi connectivity index (χ1) is 5.95. The summed E-state index contributed by atoms with van der Waals surface area (Å²) in [6.45, 7) is 0.717. The lowest BCUT2D eigenvalue weighted by molar-refractivity contribution is 0.597. The zero-order chi connectivity index (χ0) is 10.3. The first-order valence-corrected chi connectivity index (χ1v) is 6.56. The van der Waals surface area contributed by atoms with E-state index in [9.17, 15) is 8.42 Å². The second kappa shape index (κ2) is 6.15. The van der Waals surface area contributed by atoms with Gasteiger partial charge in [0.05, 0.1) is 0 Å². The van der Waals surface area contributed by atoms with E-state index in [1.807, 2.05) is 0 Å². The molecule has 2 N–H and O–H groups in total. The van der Waals surface area contributed by atoms with Gasteiger partial charge in [-0.15, -0.1) is 0 Å². The van der Waals surface area contributed by atoms with Gasteiger partial charge in [-0.1, -0.05) is 0 Å². The van der Waals surface area contributed by atoms with Crippen LogP contribution in [0.1, 0.15) is 12.8 Å². The zero-order valence-corrected chi connectivity index (χ0v) is 9.59. The van der Waals surface area contributed by atoms with Crippen molar-refractivity contribution in [2.24, 2.45) is 0 Å². The molecule has 6 heteroatoms. The van der Waals surface area contributed by atoms with E-state index in [0.29, 0.717) is 11.5 Å². The average Bonchev–Trinajstić information content (AvgIpc) is 2.01. The fourth-order valence-corrected chi connectivity index (χ4v) is 1.61. The molecule has 78 valence electrons. The second-order valence-corrected chi connectivity index (χ2v) is 5.51. The Kier molecular flexibility index (Phi) is 5.98. The van der Waals surface area contributed by atoms with Crippen molar-refractivity contribution in [3.05, 3.63) is 0 Å². The SMILES string of the molecule is CNC(=S)NCCCCS(C)(=O)=O. The standard InChI is InChI=1S/C7H16N2O2S2/c1-8-7(12)9-5-3-4-6-13(2,10)11/h3-6H2,1-2H3,(H2,8,9,12). The first kappa shape index (κ1) is 12.6. The number of rotatable bonds is 5. The molecule has 0 aliphatic heterocycles. The summed E-state index contributed by atoms with van der Waals surface area (Å²) in [4.78, 5) is 0. The molecular formula is C7H16N2O2S2. The van der Waals surface area contributed by atoms with Crippen molar-refractivity contribution in [3.63, 3.8) is 0 Å². The second-order valence-electron chi connectivity index (χ2n) is 2.84. The van der Waals surface area contributed by atoms with Gasteiger partial charge < -0.3 is 10.6 Å². The smallest absolute Gasteiger partial charge is 0.166 e. The van der Waals surface area contributed by atoms with Crippen LogP contribution in [0.15, 0.2) is 0 Å². The third kappa shape index (κ3) is 9.55. The molecule has 4 nitrogen and oxygen atoms in total. The van der Waals surface area contributed by atoms with Gasteiger partial charge in [-0.25, -0.2) is 8.42 Å². The van der Waals surface area contributed by atoms with Crippen molar-refractivity contribution in [2.75, 3.05) is 25.6 Å². The highest BCUT2D eigenvalue weighted by molar-refractivity contribution is 7.90. The molecule has 0 amide bonds. The number of nitrogens with one attached hydrogen (secondary N) is 2. The Morgan fingerprint density at radius 2 is 2.00 bits per heavy atom. The number of hydrogen-bond donors (Lipinski definition) is 2. The summed E-state index contributed by atoms with van der Waals surface area (Å²) in [7, 11) is -1.06. The van der Waals surface area contributed by atoms with Crippen LogP contribution in [0, 0.1) is 0 Å². The Hall–Kier alpha value is -0.360. The van der Waals surface area contributed by atoms with Crippen molar-refractivity contribution in [2.45, 2.75) is 12.8 Å². The van der Waals surface area contributed by atoms with Crippen molar-refractivity contribution in [1.82, 2.24) is 10.6 Å². The maximum atomic E-state index is 10.7. The Balaban J connectivity index is 3.33. The Morgan fingerprint density at radius 3 is 2.46 bits per heavy atom. The van der Waals surface area contributed by atoms with Gasteiger partial charge in [0.25, 0.3) is 0 Å². The highest BCUT2D eigenvalue weighted by Crippen LogP contribution is 1.92. The van der Waals surface area contributed by atoms with Crippen molar-refractivity contribution in [3.8, 4) is 0 Å². The largest absolute Gasteiger partial charge is 0.366 e. The van der Waals surface area contributed by atoms with Crippen LogP contribution in [0.4, 0.5) is 0 Å². The van der Waals surface area contributed by atoms with Crippen molar-refractivity contribution < 1.29 is 8.42 Å². The molecule has 0 atom stereocenters. The molecule has 0 heterocycles. The predicted molar refractivity (Wildman–Crippen MR) is 58.6 cm³/mol. The Labute approximate surface area is 85.0 Å².